The third-order valence-electron chi connectivity index (χ3n) is 3.18. The van der Waals surface area contributed by atoms with Crippen molar-refractivity contribution in [3.05, 3.63) is 39.1 Å². The highest BCUT2D eigenvalue weighted by Gasteiger charge is 2.16. The van der Waals surface area contributed by atoms with Crippen molar-refractivity contribution in [2.75, 3.05) is 7.05 Å². The number of hydrogen-bond acceptors (Lipinski definition) is 4. The van der Waals surface area contributed by atoms with Crippen LogP contribution in [-0.4, -0.2) is 17.0 Å². The van der Waals surface area contributed by atoms with Crippen molar-refractivity contribution < 1.29 is 5.32 Å². The minimum absolute atomic E-state index is 0.0432. The second-order valence-electron chi connectivity index (χ2n) is 4.38. The van der Waals surface area contributed by atoms with Gasteiger partial charge < -0.3 is 10.3 Å². The second-order valence-corrected chi connectivity index (χ2v) is 6.19. The van der Waals surface area contributed by atoms with E-state index >= 15 is 0 Å². The Hall–Kier alpha value is -1.50. The molecule has 0 radical (unpaired) electrons. The number of aromatic nitrogens is 2. The molecule has 0 bridgehead atoms. The molecule has 19 heavy (non-hydrogen) atoms. The molecule has 6 heteroatoms. The SMILES string of the molecule is C[NH2+][C@@H](C)c1nc2scc(-c3cccs3)c2c(=O)[nH]1. The number of quaternary nitrogens is 1. The molecule has 0 unspecified atom stereocenters. The molecular formula is C13H14N3OS2+. The van der Waals surface area contributed by atoms with Crippen LogP contribution in [0, 0.1) is 0 Å². The van der Waals surface area contributed by atoms with Gasteiger partial charge in [-0.25, -0.2) is 4.98 Å². The summed E-state index contributed by atoms with van der Waals surface area (Å²) < 4.78 is 0. The van der Waals surface area contributed by atoms with Gasteiger partial charge in [0.1, 0.15) is 10.9 Å². The third-order valence-corrected chi connectivity index (χ3v) is 4.96. The zero-order valence-electron chi connectivity index (χ0n) is 10.6. The molecule has 3 rings (SSSR count). The van der Waals surface area contributed by atoms with Crippen molar-refractivity contribution >= 4 is 32.9 Å². The Balaban J connectivity index is 2.23. The number of nitrogens with one attached hydrogen (secondary N) is 1. The fourth-order valence-corrected chi connectivity index (χ4v) is 3.72. The number of nitrogens with zero attached hydrogens (tertiary/aromatic N) is 1. The van der Waals surface area contributed by atoms with Crippen LogP contribution in [0.25, 0.3) is 20.7 Å². The van der Waals surface area contributed by atoms with Gasteiger partial charge in [-0.3, -0.25) is 4.79 Å². The Bertz CT molecular complexity index is 758. The van der Waals surface area contributed by atoms with E-state index in [4.69, 9.17) is 0 Å². The molecule has 0 aliphatic heterocycles. The van der Waals surface area contributed by atoms with Gasteiger partial charge in [0.2, 0.25) is 0 Å². The molecule has 3 aromatic rings. The van der Waals surface area contributed by atoms with Crippen molar-refractivity contribution in [2.24, 2.45) is 0 Å². The van der Waals surface area contributed by atoms with Crippen molar-refractivity contribution in [1.29, 1.82) is 0 Å². The van der Waals surface area contributed by atoms with E-state index in [1.807, 2.05) is 42.2 Å². The summed E-state index contributed by atoms with van der Waals surface area (Å²) in [6, 6.07) is 4.18. The first-order valence-electron chi connectivity index (χ1n) is 6.05. The summed E-state index contributed by atoms with van der Waals surface area (Å²) in [6.45, 7) is 2.03. The third kappa shape index (κ3) is 2.11. The average Bonchev–Trinajstić information content (AvgIpc) is 3.05. The van der Waals surface area contributed by atoms with Gasteiger partial charge in [0.25, 0.3) is 5.56 Å². The van der Waals surface area contributed by atoms with Crippen molar-refractivity contribution in [3.8, 4) is 10.4 Å². The van der Waals surface area contributed by atoms with Gasteiger partial charge in [0.15, 0.2) is 5.82 Å². The second kappa shape index (κ2) is 4.88. The maximum absolute atomic E-state index is 12.3. The molecule has 1 atom stereocenters. The highest BCUT2D eigenvalue weighted by atomic mass is 32.1. The largest absolute Gasteiger partial charge is 0.340 e. The molecule has 3 aromatic heterocycles. The van der Waals surface area contributed by atoms with Gasteiger partial charge in [0.05, 0.1) is 12.4 Å². The average molecular weight is 292 g/mol. The van der Waals surface area contributed by atoms with Gasteiger partial charge in [-0.1, -0.05) is 6.07 Å². The Kier molecular flexibility index (Phi) is 3.22. The van der Waals surface area contributed by atoms with Crippen molar-refractivity contribution in [1.82, 2.24) is 9.97 Å². The van der Waals surface area contributed by atoms with Crippen LogP contribution < -0.4 is 10.9 Å². The number of thiophene rings is 2. The molecular weight excluding hydrogens is 278 g/mol. The molecule has 98 valence electrons. The summed E-state index contributed by atoms with van der Waals surface area (Å²) in [5.41, 5.74) is 0.946. The molecule has 0 saturated carbocycles. The quantitative estimate of drug-likeness (QED) is 0.775. The fourth-order valence-electron chi connectivity index (χ4n) is 1.95. The van der Waals surface area contributed by atoms with E-state index < -0.39 is 0 Å². The Morgan fingerprint density at radius 2 is 2.26 bits per heavy atom. The number of fused-ring (bicyclic) bond motifs is 1. The lowest BCUT2D eigenvalue weighted by molar-refractivity contribution is -0.667. The van der Waals surface area contributed by atoms with E-state index in [9.17, 15) is 4.79 Å². The summed E-state index contributed by atoms with van der Waals surface area (Å²) in [5, 5.41) is 6.77. The Labute approximate surface area is 118 Å². The normalized spacial score (nSPS) is 12.9. The van der Waals surface area contributed by atoms with E-state index in [-0.39, 0.29) is 11.6 Å². The highest BCUT2D eigenvalue weighted by Crippen LogP contribution is 2.33. The lowest BCUT2D eigenvalue weighted by atomic mass is 10.2. The molecule has 3 heterocycles. The number of rotatable bonds is 3. The highest BCUT2D eigenvalue weighted by molar-refractivity contribution is 7.18. The molecule has 0 spiro atoms. The van der Waals surface area contributed by atoms with Gasteiger partial charge in [0, 0.05) is 15.8 Å². The summed E-state index contributed by atoms with van der Waals surface area (Å²) in [4.78, 5) is 21.7. The van der Waals surface area contributed by atoms with Crippen LogP contribution in [-0.2, 0) is 0 Å². The zero-order chi connectivity index (χ0) is 13.4. The van der Waals surface area contributed by atoms with Crippen LogP contribution in [0.4, 0.5) is 0 Å². The lowest BCUT2D eigenvalue weighted by Gasteiger charge is -2.05. The number of aromatic amines is 1. The van der Waals surface area contributed by atoms with Crippen LogP contribution in [0.3, 0.4) is 0 Å². The smallest absolute Gasteiger partial charge is 0.260 e. The summed E-state index contributed by atoms with van der Waals surface area (Å²) in [5.74, 6) is 0.736. The van der Waals surface area contributed by atoms with E-state index in [2.05, 4.69) is 9.97 Å². The summed E-state index contributed by atoms with van der Waals surface area (Å²) in [6.07, 6.45) is 0. The van der Waals surface area contributed by atoms with Crippen LogP contribution in [0.15, 0.2) is 27.7 Å². The van der Waals surface area contributed by atoms with Crippen LogP contribution in [0.2, 0.25) is 0 Å². The molecule has 3 N–H and O–H groups in total. The first-order valence-corrected chi connectivity index (χ1v) is 7.81. The molecule has 0 fully saturated rings. The lowest BCUT2D eigenvalue weighted by Crippen LogP contribution is -2.80. The van der Waals surface area contributed by atoms with Crippen LogP contribution in [0.1, 0.15) is 18.8 Å². The standard InChI is InChI=1S/C13H13N3OS2/c1-7(14-2)11-15-12(17)10-8(6-19-13(10)16-11)9-4-3-5-18-9/h3-7,14H,1-2H3,(H,15,16,17)/p+1/t7-/m0/s1. The first kappa shape index (κ1) is 12.5. The topological polar surface area (TPSA) is 62.4 Å². The van der Waals surface area contributed by atoms with E-state index in [1.165, 1.54) is 11.3 Å². The summed E-state index contributed by atoms with van der Waals surface area (Å²) >= 11 is 3.17. The van der Waals surface area contributed by atoms with E-state index in [0.29, 0.717) is 5.39 Å². The first-order chi connectivity index (χ1) is 9.20. The molecule has 4 nitrogen and oxygen atoms in total. The molecule has 0 aliphatic carbocycles. The number of H-pyrrole nitrogens is 1. The molecule has 0 aromatic carbocycles. The predicted molar refractivity (Wildman–Crippen MR) is 79.8 cm³/mol. The van der Waals surface area contributed by atoms with E-state index in [1.54, 1.807) is 11.3 Å². The number of nitrogens with two attached hydrogens (primary N) is 1. The zero-order valence-corrected chi connectivity index (χ0v) is 12.3. The molecule has 0 aliphatic rings. The van der Waals surface area contributed by atoms with Gasteiger partial charge >= 0.3 is 0 Å². The van der Waals surface area contributed by atoms with E-state index in [0.717, 1.165) is 21.1 Å². The molecule has 0 amide bonds. The van der Waals surface area contributed by atoms with Gasteiger partial charge in [-0.05, 0) is 18.4 Å². The number of hydrogen-bond donors (Lipinski definition) is 2. The van der Waals surface area contributed by atoms with Crippen molar-refractivity contribution in [2.45, 2.75) is 13.0 Å². The van der Waals surface area contributed by atoms with Gasteiger partial charge in [-0.15, -0.1) is 22.7 Å². The molecule has 0 saturated heterocycles. The Morgan fingerprint density at radius 3 is 2.95 bits per heavy atom. The minimum Gasteiger partial charge on any atom is -0.340 e. The summed E-state index contributed by atoms with van der Waals surface area (Å²) in [7, 11) is 1.97. The maximum atomic E-state index is 12.3. The predicted octanol–water partition coefficient (Wildman–Crippen LogP) is 1.97. The maximum Gasteiger partial charge on any atom is 0.260 e. The van der Waals surface area contributed by atoms with Crippen LogP contribution in [0.5, 0.6) is 0 Å². The fraction of sp³-hybridized carbons (Fsp3) is 0.231. The van der Waals surface area contributed by atoms with Crippen molar-refractivity contribution in [3.63, 3.8) is 0 Å². The van der Waals surface area contributed by atoms with Gasteiger partial charge in [-0.2, -0.15) is 0 Å². The van der Waals surface area contributed by atoms with Crippen LogP contribution >= 0.6 is 22.7 Å². The minimum atomic E-state index is -0.0432. The Morgan fingerprint density at radius 1 is 1.42 bits per heavy atom. The monoisotopic (exact) mass is 292 g/mol.